The first-order valence-electron chi connectivity index (χ1n) is 22.7. The third-order valence-electron chi connectivity index (χ3n) is 13.3. The molecule has 0 aliphatic heterocycles. The van der Waals surface area contributed by atoms with E-state index >= 15 is 0 Å². The van der Waals surface area contributed by atoms with E-state index in [-0.39, 0.29) is 22.8 Å². The van der Waals surface area contributed by atoms with Crippen molar-refractivity contribution in [3.8, 4) is 86.2 Å². The van der Waals surface area contributed by atoms with E-state index in [9.17, 15) is 52.7 Å². The summed E-state index contributed by atoms with van der Waals surface area (Å²) in [5, 5.41) is 52.8. The van der Waals surface area contributed by atoms with Gasteiger partial charge in [-0.25, -0.2) is 0 Å². The fourth-order valence-corrected chi connectivity index (χ4v) is 9.98. The molecule has 350 valence electrons. The molecule has 11 rings (SSSR count). The van der Waals surface area contributed by atoms with E-state index in [1.54, 1.807) is 54.6 Å². The zero-order chi connectivity index (χ0) is 51.6. The van der Waals surface area contributed by atoms with Crippen LogP contribution in [0.1, 0.15) is 38.9 Å². The minimum atomic E-state index is -5.11. The number of hydrogen-bond acceptors (Lipinski definition) is 5. The van der Waals surface area contributed by atoms with E-state index in [0.29, 0.717) is 101 Å². The molecule has 13 heteroatoms. The van der Waals surface area contributed by atoms with Gasteiger partial charge in [-0.3, -0.25) is 0 Å². The molecule has 0 saturated heterocycles. The van der Waals surface area contributed by atoms with Crippen LogP contribution in [-0.4, -0.2) is 9.13 Å². The van der Waals surface area contributed by atoms with Crippen molar-refractivity contribution in [1.29, 1.82) is 26.3 Å². The Morgan fingerprint density at radius 3 is 1.15 bits per heavy atom. The third kappa shape index (κ3) is 7.69. The number of halogens is 6. The lowest BCUT2D eigenvalue weighted by Gasteiger charge is -2.21. The summed E-state index contributed by atoms with van der Waals surface area (Å²) in [6, 6.07) is 58.2. The van der Waals surface area contributed by atoms with Crippen molar-refractivity contribution in [2.45, 2.75) is 12.4 Å². The molecule has 7 nitrogen and oxygen atoms in total. The first-order chi connectivity index (χ1) is 35.7. The van der Waals surface area contributed by atoms with Gasteiger partial charge in [0.15, 0.2) is 0 Å². The molecule has 0 amide bonds. The van der Waals surface area contributed by atoms with E-state index in [4.69, 9.17) is 0 Å². The molecule has 0 saturated carbocycles. The minimum absolute atomic E-state index is 0.0540. The quantitative estimate of drug-likeness (QED) is 0.153. The van der Waals surface area contributed by atoms with E-state index in [1.165, 1.54) is 18.2 Å². The maximum atomic E-state index is 14.4. The lowest BCUT2D eigenvalue weighted by atomic mass is 9.94. The van der Waals surface area contributed by atoms with Gasteiger partial charge in [0.05, 0.1) is 103 Å². The summed E-state index contributed by atoms with van der Waals surface area (Å²) >= 11 is 0. The Balaban J connectivity index is 1.21. The second-order valence-electron chi connectivity index (χ2n) is 17.5. The second kappa shape index (κ2) is 17.5. The molecule has 0 atom stereocenters. The largest absolute Gasteiger partial charge is 0.416 e. The molecule has 9 aromatic carbocycles. The molecule has 0 aliphatic rings. The lowest BCUT2D eigenvalue weighted by Crippen LogP contribution is -2.11. The van der Waals surface area contributed by atoms with Crippen molar-refractivity contribution in [1.82, 2.24) is 9.13 Å². The summed E-state index contributed by atoms with van der Waals surface area (Å²) in [7, 11) is 0. The molecule has 11 aromatic rings. The molecule has 0 fully saturated rings. The van der Waals surface area contributed by atoms with Crippen molar-refractivity contribution in [2.24, 2.45) is 0 Å². The molecule has 2 heterocycles. The number of hydrogen-bond donors (Lipinski definition) is 0. The average molecular weight is 974 g/mol. The van der Waals surface area contributed by atoms with Crippen LogP contribution < -0.4 is 0 Å². The van der Waals surface area contributed by atoms with E-state index in [0.717, 1.165) is 21.7 Å². The van der Waals surface area contributed by atoms with E-state index in [2.05, 4.69) is 30.3 Å². The van der Waals surface area contributed by atoms with Crippen LogP contribution in [0.4, 0.5) is 26.3 Å². The zero-order valence-electron chi connectivity index (χ0n) is 38.1. The van der Waals surface area contributed by atoms with Gasteiger partial charge >= 0.3 is 12.4 Å². The van der Waals surface area contributed by atoms with Gasteiger partial charge in [0.1, 0.15) is 0 Å². The van der Waals surface area contributed by atoms with E-state index in [1.807, 2.05) is 94.1 Å². The Morgan fingerprint density at radius 2 is 0.703 bits per heavy atom. The van der Waals surface area contributed by atoms with Crippen molar-refractivity contribution < 1.29 is 26.3 Å². The summed E-state index contributed by atoms with van der Waals surface area (Å²) in [6.07, 6.45) is -10.2. The van der Waals surface area contributed by atoms with Crippen LogP contribution >= 0.6 is 0 Å². The first kappa shape index (κ1) is 46.0. The molecule has 74 heavy (non-hydrogen) atoms. The molecule has 0 bridgehead atoms. The number of fused-ring (bicyclic) bond motifs is 6. The molecule has 0 radical (unpaired) electrons. The van der Waals surface area contributed by atoms with E-state index < -0.39 is 23.5 Å². The fraction of sp³-hybridized carbons (Fsp3) is 0.0328. The van der Waals surface area contributed by atoms with Crippen LogP contribution in [0.25, 0.3) is 99.5 Å². The molecule has 0 unspecified atom stereocenters. The summed E-state index contributed by atoms with van der Waals surface area (Å²) < 4.78 is 90.4. The normalized spacial score (nSPS) is 11.6. The van der Waals surface area contributed by atoms with Crippen LogP contribution in [0, 0.1) is 56.7 Å². The molecule has 0 aliphatic carbocycles. The summed E-state index contributed by atoms with van der Waals surface area (Å²) in [4.78, 5) is 0. The van der Waals surface area contributed by atoms with Crippen LogP contribution in [0.15, 0.2) is 176 Å². The highest BCUT2D eigenvalue weighted by atomic mass is 19.4. The predicted octanol–water partition coefficient (Wildman–Crippen LogP) is 15.9. The number of benzene rings is 9. The fourth-order valence-electron chi connectivity index (χ4n) is 9.98. The second-order valence-corrected chi connectivity index (χ2v) is 17.5. The zero-order valence-corrected chi connectivity index (χ0v) is 38.1. The number of rotatable bonds is 6. The number of nitrogens with zero attached hydrogens (tertiary/aromatic N) is 7. The third-order valence-corrected chi connectivity index (χ3v) is 13.3. The van der Waals surface area contributed by atoms with Gasteiger partial charge < -0.3 is 9.13 Å². The summed E-state index contributed by atoms with van der Waals surface area (Å²) in [6.45, 7) is 0. The van der Waals surface area contributed by atoms with Crippen LogP contribution in [0.5, 0.6) is 0 Å². The smallest absolute Gasteiger partial charge is 0.309 e. The van der Waals surface area contributed by atoms with Crippen LogP contribution in [0.3, 0.4) is 0 Å². The molecular formula is C61H29F6N7. The monoisotopic (exact) mass is 973 g/mol. The number of para-hydroxylation sites is 2. The summed E-state index contributed by atoms with van der Waals surface area (Å²) in [5.74, 6) is 0. The van der Waals surface area contributed by atoms with Crippen molar-refractivity contribution >= 4 is 43.6 Å². The Hall–Kier alpha value is -10.4. The van der Waals surface area contributed by atoms with Crippen LogP contribution in [0.2, 0.25) is 0 Å². The maximum Gasteiger partial charge on any atom is 0.416 e. The average Bonchev–Trinajstić information content (AvgIpc) is 3.94. The molecule has 0 N–H and O–H groups in total. The van der Waals surface area contributed by atoms with Crippen molar-refractivity contribution in [2.75, 3.05) is 0 Å². The van der Waals surface area contributed by atoms with Crippen LogP contribution in [-0.2, 0) is 12.4 Å². The first-order valence-corrected chi connectivity index (χ1v) is 22.7. The number of alkyl halides is 6. The molecule has 2 aromatic heterocycles. The highest BCUT2D eigenvalue weighted by Gasteiger charge is 2.37. The van der Waals surface area contributed by atoms with Crippen molar-refractivity contribution in [3.05, 3.63) is 215 Å². The van der Waals surface area contributed by atoms with Gasteiger partial charge in [-0.15, -0.1) is 0 Å². The number of aromatic nitrogens is 2. The van der Waals surface area contributed by atoms with Gasteiger partial charge in [-0.2, -0.15) is 52.7 Å². The summed E-state index contributed by atoms with van der Waals surface area (Å²) in [5.41, 5.74) is 5.54. The van der Waals surface area contributed by atoms with Gasteiger partial charge in [0.2, 0.25) is 0 Å². The van der Waals surface area contributed by atoms with Gasteiger partial charge in [-0.05, 0) is 130 Å². The molecule has 0 spiro atoms. The van der Waals surface area contributed by atoms with Crippen molar-refractivity contribution in [3.63, 3.8) is 0 Å². The Kier molecular flexibility index (Phi) is 10.9. The Labute approximate surface area is 417 Å². The topological polar surface area (TPSA) is 129 Å². The predicted molar refractivity (Wildman–Crippen MR) is 270 cm³/mol. The lowest BCUT2D eigenvalue weighted by molar-refractivity contribution is -0.143. The molecular weight excluding hydrogens is 945 g/mol. The highest BCUT2D eigenvalue weighted by Crippen LogP contribution is 2.45. The Morgan fingerprint density at radius 1 is 0.311 bits per heavy atom. The van der Waals surface area contributed by atoms with Gasteiger partial charge in [0, 0.05) is 32.7 Å². The van der Waals surface area contributed by atoms with Gasteiger partial charge in [-0.1, -0.05) is 78.9 Å². The maximum absolute atomic E-state index is 14.4. The highest BCUT2D eigenvalue weighted by molar-refractivity contribution is 6.13. The minimum Gasteiger partial charge on any atom is -0.309 e. The standard InChI is InChI=1S/C61H29F6N7/c62-60(63,64)44-24-41(25-45(29-44)61(65,66)67)38-12-18-51(59(28-38)74-55-8-4-2-6-49(55)53-27-40(14-20-57(53)74)47-16-10-36(31-69)22-43(47)34-72)50-17-11-37(32-70)23-58(50)73-54-7-3-1-5-48(54)52-26-39(13-19-56(52)73)46-15-9-35(30-68)21-42(46)33-71/h1-29H. The Bertz CT molecular complexity index is 4390. The SMILES string of the molecule is N#Cc1ccc(-c2ccc3c(c2)c2ccccc2n3-c2cc(C#N)ccc2-c2ccc(-c3cc(C(F)(F)F)cc(C(F)(F)F)c3)cc2-n2c3ccccc3c3cc(-c4ccc(C#N)cc4C#N)ccc32)c(C#N)c1. The van der Waals surface area contributed by atoms with Gasteiger partial charge in [0.25, 0.3) is 0 Å². The number of nitriles is 5.